The van der Waals surface area contributed by atoms with Gasteiger partial charge in [-0.3, -0.25) is 4.79 Å². The topological polar surface area (TPSA) is 68.5 Å². The second-order valence-electron chi connectivity index (χ2n) is 7.02. The molecule has 26 heavy (non-hydrogen) atoms. The average molecular weight is 357 g/mol. The largest absolute Gasteiger partial charge is 0.497 e. The Kier molecular flexibility index (Phi) is 5.91. The minimum Gasteiger partial charge on any atom is -0.497 e. The summed E-state index contributed by atoms with van der Waals surface area (Å²) < 4.78 is 10.7. The highest BCUT2D eigenvalue weighted by Crippen LogP contribution is 2.30. The minimum absolute atomic E-state index is 0.0634. The lowest BCUT2D eigenvalue weighted by Gasteiger charge is -2.30. The number of carbonyl (C=O) groups is 1. The van der Waals surface area contributed by atoms with Crippen LogP contribution in [0, 0.1) is 5.92 Å². The van der Waals surface area contributed by atoms with Crippen molar-refractivity contribution >= 4 is 5.91 Å². The van der Waals surface area contributed by atoms with E-state index in [-0.39, 0.29) is 17.7 Å². The van der Waals surface area contributed by atoms with Crippen LogP contribution in [0.4, 0.5) is 0 Å². The Labute approximate surface area is 154 Å². The Hall–Kier alpha value is -2.37. The third kappa shape index (κ3) is 4.06. The molecule has 3 rings (SSSR count). The molecule has 0 radical (unpaired) electrons. The van der Waals surface area contributed by atoms with E-state index >= 15 is 0 Å². The average Bonchev–Trinajstić information content (AvgIpc) is 3.10. The highest BCUT2D eigenvalue weighted by molar-refractivity contribution is 5.79. The van der Waals surface area contributed by atoms with Crippen LogP contribution < -0.4 is 4.74 Å². The van der Waals surface area contributed by atoms with E-state index in [0.29, 0.717) is 18.3 Å². The van der Waals surface area contributed by atoms with Crippen molar-refractivity contribution in [1.29, 1.82) is 0 Å². The Morgan fingerprint density at radius 3 is 2.65 bits per heavy atom. The van der Waals surface area contributed by atoms with Crippen LogP contribution in [0.5, 0.6) is 5.75 Å². The lowest BCUT2D eigenvalue weighted by Crippen LogP contribution is -2.38. The maximum Gasteiger partial charge on any atom is 0.231 e. The van der Waals surface area contributed by atoms with E-state index in [1.54, 1.807) is 7.11 Å². The molecule has 0 aliphatic heterocycles. The Balaban J connectivity index is 1.71. The highest BCUT2D eigenvalue weighted by atomic mass is 16.5. The SMILES string of the molecule is CCCC(CN(C)C(=O)C1CCC1)c1nc(-c2ccc(OC)cc2)no1. The summed E-state index contributed by atoms with van der Waals surface area (Å²) in [6.07, 6.45) is 5.11. The van der Waals surface area contributed by atoms with E-state index in [4.69, 9.17) is 9.26 Å². The molecule has 0 saturated heterocycles. The van der Waals surface area contributed by atoms with Crippen LogP contribution in [0.25, 0.3) is 11.4 Å². The lowest BCUT2D eigenvalue weighted by molar-refractivity contribution is -0.137. The molecule has 1 amide bonds. The van der Waals surface area contributed by atoms with Gasteiger partial charge in [0.15, 0.2) is 0 Å². The van der Waals surface area contributed by atoms with Gasteiger partial charge in [-0.1, -0.05) is 24.9 Å². The molecule has 2 aromatic rings. The number of benzene rings is 1. The first-order valence-electron chi connectivity index (χ1n) is 9.35. The zero-order valence-corrected chi connectivity index (χ0v) is 15.8. The molecule has 1 fully saturated rings. The van der Waals surface area contributed by atoms with Gasteiger partial charge in [0.1, 0.15) is 5.75 Å². The second-order valence-corrected chi connectivity index (χ2v) is 7.02. The predicted octanol–water partition coefficient (Wildman–Crippen LogP) is 3.89. The van der Waals surface area contributed by atoms with Crippen LogP contribution >= 0.6 is 0 Å². The molecule has 1 aliphatic rings. The molecule has 6 nitrogen and oxygen atoms in total. The Morgan fingerprint density at radius 2 is 2.08 bits per heavy atom. The number of aromatic nitrogens is 2. The van der Waals surface area contributed by atoms with E-state index in [1.165, 1.54) is 0 Å². The van der Waals surface area contributed by atoms with Crippen molar-refractivity contribution in [3.05, 3.63) is 30.2 Å². The number of nitrogens with zero attached hydrogens (tertiary/aromatic N) is 3. The van der Waals surface area contributed by atoms with Crippen LogP contribution in [-0.4, -0.2) is 41.6 Å². The maximum absolute atomic E-state index is 12.4. The first-order chi connectivity index (χ1) is 12.6. The summed E-state index contributed by atoms with van der Waals surface area (Å²) in [5.41, 5.74) is 0.884. The molecular formula is C20H27N3O3. The van der Waals surface area contributed by atoms with Crippen LogP contribution in [0.1, 0.15) is 50.8 Å². The van der Waals surface area contributed by atoms with Gasteiger partial charge in [0.2, 0.25) is 17.6 Å². The predicted molar refractivity (Wildman–Crippen MR) is 98.9 cm³/mol. The zero-order valence-electron chi connectivity index (χ0n) is 15.8. The normalized spacial score (nSPS) is 15.3. The van der Waals surface area contributed by atoms with Gasteiger partial charge in [0.05, 0.1) is 13.0 Å². The van der Waals surface area contributed by atoms with Crippen LogP contribution in [0.2, 0.25) is 0 Å². The van der Waals surface area contributed by atoms with Crippen molar-refractivity contribution in [2.24, 2.45) is 5.92 Å². The van der Waals surface area contributed by atoms with Gasteiger partial charge in [-0.15, -0.1) is 0 Å². The molecular weight excluding hydrogens is 330 g/mol. The summed E-state index contributed by atoms with van der Waals surface area (Å²) >= 11 is 0. The van der Waals surface area contributed by atoms with Crippen LogP contribution in [0.15, 0.2) is 28.8 Å². The fraction of sp³-hybridized carbons (Fsp3) is 0.550. The van der Waals surface area contributed by atoms with Gasteiger partial charge < -0.3 is 14.2 Å². The number of hydrogen-bond acceptors (Lipinski definition) is 5. The van der Waals surface area contributed by atoms with Crippen molar-refractivity contribution in [3.63, 3.8) is 0 Å². The van der Waals surface area contributed by atoms with E-state index in [9.17, 15) is 4.79 Å². The molecule has 0 N–H and O–H groups in total. The van der Waals surface area contributed by atoms with Crippen molar-refractivity contribution in [1.82, 2.24) is 15.0 Å². The van der Waals surface area contributed by atoms with Crippen molar-refractivity contribution in [2.45, 2.75) is 44.9 Å². The molecule has 1 atom stereocenters. The number of ether oxygens (including phenoxy) is 1. The van der Waals surface area contributed by atoms with Gasteiger partial charge in [-0.2, -0.15) is 4.98 Å². The number of hydrogen-bond donors (Lipinski definition) is 0. The number of likely N-dealkylation sites (N-methyl/N-ethyl adjacent to an activating group) is 1. The molecule has 0 bridgehead atoms. The van der Waals surface area contributed by atoms with Gasteiger partial charge >= 0.3 is 0 Å². The first-order valence-corrected chi connectivity index (χ1v) is 9.35. The van der Waals surface area contributed by atoms with E-state index in [0.717, 1.165) is 43.4 Å². The summed E-state index contributed by atoms with van der Waals surface area (Å²) in [7, 11) is 3.52. The molecule has 1 aromatic heterocycles. The lowest BCUT2D eigenvalue weighted by atomic mass is 9.84. The van der Waals surface area contributed by atoms with E-state index < -0.39 is 0 Å². The summed E-state index contributed by atoms with van der Waals surface area (Å²) in [5.74, 6) is 2.47. The molecule has 1 aliphatic carbocycles. The fourth-order valence-corrected chi connectivity index (χ4v) is 3.29. The Morgan fingerprint density at radius 1 is 1.35 bits per heavy atom. The highest BCUT2D eigenvalue weighted by Gasteiger charge is 2.30. The Bertz CT molecular complexity index is 722. The number of rotatable bonds is 8. The number of carbonyl (C=O) groups excluding carboxylic acids is 1. The summed E-state index contributed by atoms with van der Waals surface area (Å²) in [5, 5.41) is 4.13. The van der Waals surface area contributed by atoms with E-state index in [2.05, 4.69) is 17.1 Å². The summed E-state index contributed by atoms with van der Waals surface area (Å²) in [6.45, 7) is 2.74. The second kappa shape index (κ2) is 8.34. The van der Waals surface area contributed by atoms with Gasteiger partial charge in [0, 0.05) is 25.1 Å². The van der Waals surface area contributed by atoms with Crippen molar-refractivity contribution in [3.8, 4) is 17.1 Å². The van der Waals surface area contributed by atoms with Gasteiger partial charge in [0.25, 0.3) is 0 Å². The summed E-state index contributed by atoms with van der Waals surface area (Å²) in [6, 6.07) is 7.57. The maximum atomic E-state index is 12.4. The molecule has 1 unspecified atom stereocenters. The number of amides is 1. The van der Waals surface area contributed by atoms with Crippen LogP contribution in [0.3, 0.4) is 0 Å². The fourth-order valence-electron chi connectivity index (χ4n) is 3.29. The first kappa shape index (κ1) is 18.4. The molecule has 0 spiro atoms. The van der Waals surface area contributed by atoms with Crippen molar-refractivity contribution in [2.75, 3.05) is 20.7 Å². The molecule has 6 heteroatoms. The molecule has 1 saturated carbocycles. The quantitative estimate of drug-likeness (QED) is 0.717. The monoisotopic (exact) mass is 357 g/mol. The smallest absolute Gasteiger partial charge is 0.231 e. The van der Waals surface area contributed by atoms with E-state index in [1.807, 2.05) is 36.2 Å². The van der Waals surface area contributed by atoms with Crippen LogP contribution in [-0.2, 0) is 4.79 Å². The van der Waals surface area contributed by atoms with Crippen molar-refractivity contribution < 1.29 is 14.1 Å². The standard InChI is InChI=1S/C20H27N3O3/c1-4-6-16(13-23(2)20(24)15-7-5-8-15)19-21-18(22-26-19)14-9-11-17(25-3)12-10-14/h9-12,15-16H,4-8,13H2,1-3H3. The molecule has 140 valence electrons. The third-order valence-corrected chi connectivity index (χ3v) is 5.10. The molecule has 1 heterocycles. The van der Waals surface area contributed by atoms with Gasteiger partial charge in [-0.05, 0) is 43.5 Å². The molecule has 1 aromatic carbocycles. The zero-order chi connectivity index (χ0) is 18.5. The third-order valence-electron chi connectivity index (χ3n) is 5.10. The van der Waals surface area contributed by atoms with Gasteiger partial charge in [-0.25, -0.2) is 0 Å². The number of methoxy groups -OCH3 is 1. The summed E-state index contributed by atoms with van der Waals surface area (Å²) in [4.78, 5) is 18.9. The minimum atomic E-state index is 0.0634.